The summed E-state index contributed by atoms with van der Waals surface area (Å²) in [6, 6.07) is 4.20. The molecule has 4 heterocycles. The molecule has 1 N–H and O–H groups in total. The van der Waals surface area contributed by atoms with Crippen molar-refractivity contribution < 1.29 is 29.0 Å². The molecular formula is C28H34N2O6. The first-order chi connectivity index (χ1) is 17.1. The third-order valence-corrected chi connectivity index (χ3v) is 8.27. The number of aryl methyl sites for hydroxylation is 2. The Bertz CT molecular complexity index is 1150. The van der Waals surface area contributed by atoms with Crippen molar-refractivity contribution in [1.82, 2.24) is 4.90 Å². The van der Waals surface area contributed by atoms with E-state index in [-0.39, 0.29) is 30.9 Å². The summed E-state index contributed by atoms with van der Waals surface area (Å²) in [6.45, 7) is 9.60. The zero-order valence-electron chi connectivity index (χ0n) is 21.4. The predicted molar refractivity (Wildman–Crippen MR) is 133 cm³/mol. The normalized spacial score (nSPS) is 34.3. The number of rotatable bonds is 4. The number of ether oxygens (including phenoxy) is 2. The number of carbonyl (C=O) groups excluding carboxylic acids is 3. The van der Waals surface area contributed by atoms with Gasteiger partial charge in [0.1, 0.15) is 24.2 Å². The van der Waals surface area contributed by atoms with E-state index in [0.717, 1.165) is 16.8 Å². The molecule has 1 aromatic rings. The fourth-order valence-electron chi connectivity index (χ4n) is 6.70. The Morgan fingerprint density at radius 2 is 1.75 bits per heavy atom. The SMILES string of the molecule is Cc1cccc(C)c1N1CC=C[C@]23O[C@]4(C)C=CCOC(=O)[C@@H]4[C@H]2C(=O)N([C@@H](CO)C(C)C)C3C1=O. The zero-order chi connectivity index (χ0) is 26.0. The molecule has 0 bridgehead atoms. The van der Waals surface area contributed by atoms with Crippen LogP contribution in [0.2, 0.25) is 0 Å². The first kappa shape index (κ1) is 24.7. The summed E-state index contributed by atoms with van der Waals surface area (Å²) in [7, 11) is 0. The quantitative estimate of drug-likeness (QED) is 0.510. The van der Waals surface area contributed by atoms with Gasteiger partial charge in [0.05, 0.1) is 24.2 Å². The van der Waals surface area contributed by atoms with Crippen molar-refractivity contribution >= 4 is 23.5 Å². The molecule has 8 heteroatoms. The van der Waals surface area contributed by atoms with E-state index < -0.39 is 41.1 Å². The van der Waals surface area contributed by atoms with E-state index in [1.165, 1.54) is 4.90 Å². The standard InChI is InChI=1S/C28H34N2O6/c1-16(2)19(15-31)30-23-25(33)29(22-17(3)9-6-10-18(22)4)13-7-12-28(23)20(24(30)32)21-26(34)35-14-8-11-27(21,5)36-28/h6-12,16,19-21,23,31H,13-15H2,1-5H3/t19-,20-,21-,23?,27+,28-/m0/s1. The minimum Gasteiger partial charge on any atom is -0.461 e. The van der Waals surface area contributed by atoms with Gasteiger partial charge in [-0.15, -0.1) is 0 Å². The number of likely N-dealkylation sites (tertiary alicyclic amines) is 1. The Balaban J connectivity index is 1.72. The number of para-hydroxylation sites is 1. The van der Waals surface area contributed by atoms with Crippen LogP contribution in [0.1, 0.15) is 31.9 Å². The maximum atomic E-state index is 14.5. The van der Waals surface area contributed by atoms with Gasteiger partial charge in [0.15, 0.2) is 0 Å². The monoisotopic (exact) mass is 494 g/mol. The Morgan fingerprint density at radius 1 is 1.06 bits per heavy atom. The highest BCUT2D eigenvalue weighted by molar-refractivity contribution is 6.06. The number of hydrogen-bond acceptors (Lipinski definition) is 6. The van der Waals surface area contributed by atoms with Crippen LogP contribution in [0.5, 0.6) is 0 Å². The fraction of sp³-hybridized carbons (Fsp3) is 0.536. The third-order valence-electron chi connectivity index (χ3n) is 8.27. The van der Waals surface area contributed by atoms with Gasteiger partial charge in [-0.2, -0.15) is 0 Å². The molecule has 4 aliphatic rings. The highest BCUT2D eigenvalue weighted by Crippen LogP contribution is 2.58. The highest BCUT2D eigenvalue weighted by atomic mass is 16.6. The van der Waals surface area contributed by atoms with Crippen LogP contribution in [0.3, 0.4) is 0 Å². The Hall–Kier alpha value is -2.97. The number of aliphatic hydroxyl groups excluding tert-OH is 1. The van der Waals surface area contributed by atoms with Gasteiger partial charge >= 0.3 is 5.97 Å². The lowest BCUT2D eigenvalue weighted by Crippen LogP contribution is -2.60. The van der Waals surface area contributed by atoms with Gasteiger partial charge in [0, 0.05) is 12.2 Å². The van der Waals surface area contributed by atoms with Gasteiger partial charge in [0.25, 0.3) is 5.91 Å². The predicted octanol–water partition coefficient (Wildman–Crippen LogP) is 2.31. The summed E-state index contributed by atoms with van der Waals surface area (Å²) in [4.78, 5) is 45.2. The van der Waals surface area contributed by atoms with Gasteiger partial charge in [-0.05, 0) is 43.9 Å². The zero-order valence-corrected chi connectivity index (χ0v) is 21.4. The number of amides is 2. The van der Waals surface area contributed by atoms with Gasteiger partial charge in [-0.25, -0.2) is 0 Å². The maximum Gasteiger partial charge on any atom is 0.313 e. The van der Waals surface area contributed by atoms with E-state index in [1.54, 1.807) is 24.0 Å². The number of hydrogen-bond donors (Lipinski definition) is 1. The first-order valence-electron chi connectivity index (χ1n) is 12.6. The molecule has 1 aromatic carbocycles. The number of anilines is 1. The van der Waals surface area contributed by atoms with Crippen molar-refractivity contribution in [2.24, 2.45) is 17.8 Å². The molecule has 1 spiro atoms. The van der Waals surface area contributed by atoms with Crippen molar-refractivity contribution in [2.45, 2.75) is 57.9 Å². The second-order valence-corrected chi connectivity index (χ2v) is 10.9. The van der Waals surface area contributed by atoms with Gasteiger partial charge < -0.3 is 24.4 Å². The largest absolute Gasteiger partial charge is 0.461 e. The summed E-state index contributed by atoms with van der Waals surface area (Å²) < 4.78 is 12.1. The Kier molecular flexibility index (Phi) is 5.87. The molecule has 0 saturated carbocycles. The summed E-state index contributed by atoms with van der Waals surface area (Å²) >= 11 is 0. The second-order valence-electron chi connectivity index (χ2n) is 10.9. The summed E-state index contributed by atoms with van der Waals surface area (Å²) in [5.41, 5.74) is 0.200. The lowest BCUT2D eigenvalue weighted by Gasteiger charge is -2.41. The third kappa shape index (κ3) is 3.30. The number of nitrogens with zero attached hydrogens (tertiary/aromatic N) is 2. The van der Waals surface area contributed by atoms with E-state index in [4.69, 9.17) is 9.47 Å². The van der Waals surface area contributed by atoms with Crippen molar-refractivity contribution in [1.29, 1.82) is 0 Å². The van der Waals surface area contributed by atoms with E-state index in [1.807, 2.05) is 58.0 Å². The molecule has 5 rings (SSSR count). The average Bonchev–Trinajstić information content (AvgIpc) is 3.07. The van der Waals surface area contributed by atoms with Gasteiger partial charge in [0.2, 0.25) is 5.91 Å². The van der Waals surface area contributed by atoms with E-state index in [9.17, 15) is 19.5 Å². The summed E-state index contributed by atoms with van der Waals surface area (Å²) in [5.74, 6) is -3.16. The van der Waals surface area contributed by atoms with E-state index in [2.05, 4.69) is 0 Å². The molecule has 0 aromatic heterocycles. The number of cyclic esters (lactones) is 1. The molecule has 2 saturated heterocycles. The van der Waals surface area contributed by atoms with Crippen molar-refractivity contribution in [3.63, 3.8) is 0 Å². The van der Waals surface area contributed by atoms with E-state index in [0.29, 0.717) is 6.54 Å². The molecule has 6 atom stereocenters. The molecule has 2 amide bonds. The number of fused-ring (bicyclic) bond motifs is 2. The molecule has 8 nitrogen and oxygen atoms in total. The summed E-state index contributed by atoms with van der Waals surface area (Å²) in [5, 5.41) is 10.4. The maximum absolute atomic E-state index is 14.5. The average molecular weight is 495 g/mol. The molecule has 36 heavy (non-hydrogen) atoms. The van der Waals surface area contributed by atoms with Crippen molar-refractivity contribution in [3.05, 3.63) is 53.6 Å². The van der Waals surface area contributed by atoms with Crippen LogP contribution in [-0.2, 0) is 23.9 Å². The van der Waals surface area contributed by atoms with Crippen LogP contribution in [0, 0.1) is 31.6 Å². The van der Waals surface area contributed by atoms with Gasteiger partial charge in [-0.1, -0.05) is 50.3 Å². The minimum absolute atomic E-state index is 0.107. The lowest BCUT2D eigenvalue weighted by molar-refractivity contribution is -0.158. The Labute approximate surface area is 211 Å². The highest BCUT2D eigenvalue weighted by Gasteiger charge is 2.75. The second kappa shape index (κ2) is 8.56. The summed E-state index contributed by atoms with van der Waals surface area (Å²) in [6.07, 6.45) is 7.17. The topological polar surface area (TPSA) is 96.4 Å². The van der Waals surface area contributed by atoms with Crippen LogP contribution in [0.25, 0.3) is 0 Å². The molecular weight excluding hydrogens is 460 g/mol. The molecule has 2 fully saturated rings. The minimum atomic E-state index is -1.37. The number of aliphatic hydroxyl groups is 1. The van der Waals surface area contributed by atoms with Crippen LogP contribution >= 0.6 is 0 Å². The fourth-order valence-corrected chi connectivity index (χ4v) is 6.70. The molecule has 0 radical (unpaired) electrons. The van der Waals surface area contributed by atoms with Crippen LogP contribution in [0.15, 0.2) is 42.5 Å². The van der Waals surface area contributed by atoms with Crippen LogP contribution in [0.4, 0.5) is 5.69 Å². The van der Waals surface area contributed by atoms with Gasteiger partial charge in [-0.3, -0.25) is 14.4 Å². The smallest absolute Gasteiger partial charge is 0.313 e. The Morgan fingerprint density at radius 3 is 2.39 bits per heavy atom. The van der Waals surface area contributed by atoms with E-state index >= 15 is 0 Å². The molecule has 1 unspecified atom stereocenters. The number of carbonyl (C=O) groups is 3. The number of benzene rings is 1. The van der Waals surface area contributed by atoms with Crippen molar-refractivity contribution in [2.75, 3.05) is 24.7 Å². The number of esters is 1. The lowest BCUT2D eigenvalue weighted by atomic mass is 9.75. The van der Waals surface area contributed by atoms with Crippen molar-refractivity contribution in [3.8, 4) is 0 Å². The molecule has 192 valence electrons. The van der Waals surface area contributed by atoms with Crippen LogP contribution in [-0.4, -0.2) is 70.8 Å². The van der Waals surface area contributed by atoms with Crippen LogP contribution < -0.4 is 4.90 Å². The first-order valence-corrected chi connectivity index (χ1v) is 12.6. The molecule has 4 aliphatic heterocycles. The molecule has 0 aliphatic carbocycles.